The third-order valence-electron chi connectivity index (χ3n) is 1.73. The van der Waals surface area contributed by atoms with Gasteiger partial charge >= 0.3 is 6.18 Å². The van der Waals surface area contributed by atoms with Gasteiger partial charge in [0.15, 0.2) is 0 Å². The summed E-state index contributed by atoms with van der Waals surface area (Å²) in [5, 5.41) is 0. The van der Waals surface area contributed by atoms with Gasteiger partial charge in [-0.05, 0) is 25.3 Å². The minimum atomic E-state index is -4.08. The lowest BCUT2D eigenvalue weighted by atomic mass is 9.94. The first kappa shape index (κ1) is 11.8. The van der Waals surface area contributed by atoms with Crippen molar-refractivity contribution in [3.05, 3.63) is 0 Å². The lowest BCUT2D eigenvalue weighted by Crippen LogP contribution is -2.26. The SMILES string of the molecule is CC(C)CC(CCN)C(F)(F)F. The smallest absolute Gasteiger partial charge is 0.330 e. The molecule has 0 aromatic carbocycles. The summed E-state index contributed by atoms with van der Waals surface area (Å²) in [5.74, 6) is -1.15. The second kappa shape index (κ2) is 4.70. The highest BCUT2D eigenvalue weighted by molar-refractivity contribution is 4.69. The van der Waals surface area contributed by atoms with Crippen LogP contribution in [-0.2, 0) is 0 Å². The molecule has 0 saturated carbocycles. The van der Waals surface area contributed by atoms with Crippen molar-refractivity contribution in [1.29, 1.82) is 0 Å². The van der Waals surface area contributed by atoms with Gasteiger partial charge in [-0.1, -0.05) is 13.8 Å². The first-order valence-corrected chi connectivity index (χ1v) is 4.14. The zero-order valence-electron chi connectivity index (χ0n) is 7.49. The molecule has 0 radical (unpaired) electrons. The fraction of sp³-hybridized carbons (Fsp3) is 1.00. The molecule has 1 atom stereocenters. The Morgan fingerprint density at radius 3 is 2.00 bits per heavy atom. The van der Waals surface area contributed by atoms with E-state index in [9.17, 15) is 13.2 Å². The normalized spacial score (nSPS) is 15.2. The molecule has 0 spiro atoms. The minimum absolute atomic E-state index is 0.0433. The Bertz CT molecular complexity index is 120. The molecule has 0 aliphatic heterocycles. The van der Waals surface area contributed by atoms with Gasteiger partial charge in [-0.25, -0.2) is 0 Å². The van der Waals surface area contributed by atoms with Crippen molar-refractivity contribution in [2.24, 2.45) is 17.6 Å². The number of rotatable bonds is 4. The van der Waals surface area contributed by atoms with E-state index in [-0.39, 0.29) is 25.3 Å². The monoisotopic (exact) mass is 183 g/mol. The van der Waals surface area contributed by atoms with Gasteiger partial charge in [-0.15, -0.1) is 0 Å². The van der Waals surface area contributed by atoms with Gasteiger partial charge in [0, 0.05) is 0 Å². The van der Waals surface area contributed by atoms with Crippen LogP contribution in [0.1, 0.15) is 26.7 Å². The Balaban J connectivity index is 4.04. The second-order valence-electron chi connectivity index (χ2n) is 3.45. The van der Waals surface area contributed by atoms with Crippen LogP contribution >= 0.6 is 0 Å². The summed E-state index contributed by atoms with van der Waals surface area (Å²) in [6, 6.07) is 0. The maximum absolute atomic E-state index is 12.2. The molecule has 0 bridgehead atoms. The van der Waals surface area contributed by atoms with Gasteiger partial charge < -0.3 is 5.73 Å². The van der Waals surface area contributed by atoms with Crippen LogP contribution in [0.15, 0.2) is 0 Å². The predicted octanol–water partition coefficient (Wildman–Crippen LogP) is 2.56. The van der Waals surface area contributed by atoms with E-state index in [2.05, 4.69) is 0 Å². The van der Waals surface area contributed by atoms with Crippen molar-refractivity contribution in [1.82, 2.24) is 0 Å². The summed E-state index contributed by atoms with van der Waals surface area (Å²) in [6.07, 6.45) is -3.86. The summed E-state index contributed by atoms with van der Waals surface area (Å²) < 4.78 is 36.6. The maximum Gasteiger partial charge on any atom is 0.391 e. The van der Waals surface area contributed by atoms with Crippen molar-refractivity contribution in [3.63, 3.8) is 0 Å². The van der Waals surface area contributed by atoms with Gasteiger partial charge in [0.05, 0.1) is 5.92 Å². The summed E-state index contributed by atoms with van der Waals surface area (Å²) in [7, 11) is 0. The van der Waals surface area contributed by atoms with Crippen LogP contribution in [0.3, 0.4) is 0 Å². The van der Waals surface area contributed by atoms with Crippen molar-refractivity contribution in [2.75, 3.05) is 6.54 Å². The van der Waals surface area contributed by atoms with E-state index in [1.54, 1.807) is 13.8 Å². The van der Waals surface area contributed by atoms with Crippen LogP contribution in [0.2, 0.25) is 0 Å². The van der Waals surface area contributed by atoms with Crippen LogP contribution in [0.25, 0.3) is 0 Å². The Morgan fingerprint density at radius 2 is 1.75 bits per heavy atom. The molecule has 2 N–H and O–H groups in total. The maximum atomic E-state index is 12.2. The number of hydrogen-bond donors (Lipinski definition) is 1. The van der Waals surface area contributed by atoms with Crippen LogP contribution in [-0.4, -0.2) is 12.7 Å². The first-order chi connectivity index (χ1) is 5.38. The number of halogens is 3. The molecule has 74 valence electrons. The lowest BCUT2D eigenvalue weighted by molar-refractivity contribution is -0.179. The Kier molecular flexibility index (Phi) is 4.60. The number of nitrogens with two attached hydrogens (primary N) is 1. The van der Waals surface area contributed by atoms with Crippen molar-refractivity contribution in [2.45, 2.75) is 32.9 Å². The molecule has 0 amide bonds. The van der Waals surface area contributed by atoms with Crippen LogP contribution in [0.5, 0.6) is 0 Å². The van der Waals surface area contributed by atoms with Crippen LogP contribution in [0.4, 0.5) is 13.2 Å². The van der Waals surface area contributed by atoms with E-state index in [0.717, 1.165) is 0 Å². The van der Waals surface area contributed by atoms with E-state index >= 15 is 0 Å². The van der Waals surface area contributed by atoms with E-state index in [1.165, 1.54) is 0 Å². The zero-order chi connectivity index (χ0) is 9.78. The molecule has 12 heavy (non-hydrogen) atoms. The summed E-state index contributed by atoms with van der Waals surface area (Å²) in [6.45, 7) is 3.68. The molecule has 1 unspecified atom stereocenters. The average Bonchev–Trinajstić information content (AvgIpc) is 1.83. The van der Waals surface area contributed by atoms with E-state index in [1.807, 2.05) is 0 Å². The van der Waals surface area contributed by atoms with Gasteiger partial charge in [-0.3, -0.25) is 0 Å². The van der Waals surface area contributed by atoms with Gasteiger partial charge in [-0.2, -0.15) is 13.2 Å². The molecule has 0 aromatic heterocycles. The third kappa shape index (κ3) is 4.59. The second-order valence-corrected chi connectivity index (χ2v) is 3.45. The predicted molar refractivity (Wildman–Crippen MR) is 42.7 cm³/mol. The van der Waals surface area contributed by atoms with E-state index < -0.39 is 12.1 Å². The quantitative estimate of drug-likeness (QED) is 0.712. The molecule has 0 aliphatic carbocycles. The molecule has 0 fully saturated rings. The molecule has 4 heteroatoms. The van der Waals surface area contributed by atoms with Gasteiger partial charge in [0.2, 0.25) is 0 Å². The van der Waals surface area contributed by atoms with Crippen molar-refractivity contribution < 1.29 is 13.2 Å². The summed E-state index contributed by atoms with van der Waals surface area (Å²) in [4.78, 5) is 0. The molecular formula is C8H16F3N. The standard InChI is InChI=1S/C8H16F3N/c1-6(2)5-7(3-4-12)8(9,10)11/h6-7H,3-5,12H2,1-2H3. The number of hydrogen-bond acceptors (Lipinski definition) is 1. The first-order valence-electron chi connectivity index (χ1n) is 4.14. The lowest BCUT2D eigenvalue weighted by Gasteiger charge is -2.21. The Hall–Kier alpha value is -0.250. The fourth-order valence-corrected chi connectivity index (χ4v) is 1.19. The van der Waals surface area contributed by atoms with Crippen LogP contribution < -0.4 is 5.73 Å². The molecular weight excluding hydrogens is 167 g/mol. The Morgan fingerprint density at radius 1 is 1.25 bits per heavy atom. The zero-order valence-corrected chi connectivity index (χ0v) is 7.49. The largest absolute Gasteiger partial charge is 0.391 e. The van der Waals surface area contributed by atoms with Gasteiger partial charge in [0.25, 0.3) is 0 Å². The highest BCUT2D eigenvalue weighted by Gasteiger charge is 2.38. The molecule has 0 aliphatic rings. The summed E-state index contributed by atoms with van der Waals surface area (Å²) >= 11 is 0. The highest BCUT2D eigenvalue weighted by atomic mass is 19.4. The van der Waals surface area contributed by atoms with E-state index in [0.29, 0.717) is 0 Å². The van der Waals surface area contributed by atoms with Crippen molar-refractivity contribution in [3.8, 4) is 0 Å². The van der Waals surface area contributed by atoms with Crippen LogP contribution in [0, 0.1) is 11.8 Å². The minimum Gasteiger partial charge on any atom is -0.330 e. The molecule has 0 heterocycles. The average molecular weight is 183 g/mol. The highest BCUT2D eigenvalue weighted by Crippen LogP contribution is 2.33. The van der Waals surface area contributed by atoms with Crippen molar-refractivity contribution >= 4 is 0 Å². The molecule has 0 saturated heterocycles. The molecule has 0 rings (SSSR count). The topological polar surface area (TPSA) is 26.0 Å². The fourth-order valence-electron chi connectivity index (χ4n) is 1.19. The molecule has 1 nitrogen and oxygen atoms in total. The number of alkyl halides is 3. The summed E-state index contributed by atoms with van der Waals surface area (Å²) in [5.41, 5.74) is 5.10. The molecule has 0 aromatic rings. The van der Waals surface area contributed by atoms with E-state index in [4.69, 9.17) is 5.73 Å². The van der Waals surface area contributed by atoms with Gasteiger partial charge in [0.1, 0.15) is 0 Å². The Labute approximate surface area is 71.1 Å². The third-order valence-corrected chi connectivity index (χ3v) is 1.73.